The van der Waals surface area contributed by atoms with Crippen LogP contribution in [-0.4, -0.2) is 18.2 Å². The van der Waals surface area contributed by atoms with Gasteiger partial charge in [0.1, 0.15) is 17.6 Å². The first-order chi connectivity index (χ1) is 8.11. The van der Waals surface area contributed by atoms with Crippen molar-refractivity contribution >= 4 is 5.97 Å². The molecule has 90 valence electrons. The van der Waals surface area contributed by atoms with Gasteiger partial charge in [-0.1, -0.05) is 0 Å². The normalized spacial score (nSPS) is 12.4. The minimum absolute atomic E-state index is 0.0572. The van der Waals surface area contributed by atoms with Crippen molar-refractivity contribution in [3.05, 3.63) is 47.3 Å². The van der Waals surface area contributed by atoms with Crippen LogP contribution in [-0.2, 0) is 4.74 Å². The Kier molecular flexibility index (Phi) is 3.01. The van der Waals surface area contributed by atoms with Gasteiger partial charge in [0.25, 0.3) is 0 Å². The molecule has 0 bridgehead atoms. The summed E-state index contributed by atoms with van der Waals surface area (Å²) in [7, 11) is 1.26. The Morgan fingerprint density at radius 3 is 2.82 bits per heavy atom. The monoisotopic (exact) mass is 236 g/mol. The van der Waals surface area contributed by atoms with Crippen LogP contribution in [0.3, 0.4) is 0 Å². The van der Waals surface area contributed by atoms with Crippen molar-refractivity contribution in [2.24, 2.45) is 0 Å². The molecule has 1 unspecified atom stereocenters. The molecule has 0 aliphatic rings. The zero-order valence-corrected chi connectivity index (χ0v) is 9.47. The number of aryl methyl sites for hydroxylation is 1. The van der Waals surface area contributed by atoms with Gasteiger partial charge in [-0.25, -0.2) is 4.79 Å². The Morgan fingerprint density at radius 1 is 1.47 bits per heavy atom. The quantitative estimate of drug-likeness (QED) is 0.825. The van der Waals surface area contributed by atoms with Gasteiger partial charge in [-0.05, 0) is 25.1 Å². The second-order valence-electron chi connectivity index (χ2n) is 3.59. The molecule has 0 aliphatic heterocycles. The average Bonchev–Trinajstić information content (AvgIpc) is 2.95. The van der Waals surface area contributed by atoms with Gasteiger partial charge in [-0.2, -0.15) is 0 Å². The summed E-state index contributed by atoms with van der Waals surface area (Å²) >= 11 is 0. The highest BCUT2D eigenvalue weighted by atomic mass is 16.5. The molecular formula is C12H12O5. The lowest BCUT2D eigenvalue weighted by molar-refractivity contribution is 0.0558. The number of furan rings is 2. The van der Waals surface area contributed by atoms with Crippen LogP contribution >= 0.6 is 0 Å². The van der Waals surface area contributed by atoms with Crippen LogP contribution in [0.5, 0.6) is 0 Å². The Hall–Kier alpha value is -2.01. The third-order valence-corrected chi connectivity index (χ3v) is 2.35. The lowest BCUT2D eigenvalue weighted by Gasteiger charge is -2.03. The van der Waals surface area contributed by atoms with Crippen LogP contribution in [0.2, 0.25) is 0 Å². The molecule has 0 radical (unpaired) electrons. The summed E-state index contributed by atoms with van der Waals surface area (Å²) in [5, 5.41) is 9.97. The van der Waals surface area contributed by atoms with Crippen molar-refractivity contribution < 1.29 is 23.5 Å². The van der Waals surface area contributed by atoms with Gasteiger partial charge in [0, 0.05) is 5.56 Å². The van der Waals surface area contributed by atoms with Gasteiger partial charge < -0.3 is 18.7 Å². The molecule has 0 amide bonds. The fourth-order valence-corrected chi connectivity index (χ4v) is 1.48. The first kappa shape index (κ1) is 11.5. The summed E-state index contributed by atoms with van der Waals surface area (Å²) in [6.45, 7) is 1.78. The Bertz CT molecular complexity index is 522. The van der Waals surface area contributed by atoms with Gasteiger partial charge in [0.2, 0.25) is 5.76 Å². The summed E-state index contributed by atoms with van der Waals surface area (Å²) < 4.78 is 14.8. The van der Waals surface area contributed by atoms with Crippen molar-refractivity contribution in [2.75, 3.05) is 7.11 Å². The average molecular weight is 236 g/mol. The fourth-order valence-electron chi connectivity index (χ4n) is 1.48. The summed E-state index contributed by atoms with van der Waals surface area (Å²) in [4.78, 5) is 11.2. The molecule has 2 aromatic heterocycles. The number of carbonyl (C=O) groups is 1. The van der Waals surface area contributed by atoms with E-state index in [9.17, 15) is 9.90 Å². The van der Waals surface area contributed by atoms with Crippen LogP contribution in [0.15, 0.2) is 33.3 Å². The van der Waals surface area contributed by atoms with Crippen molar-refractivity contribution in [2.45, 2.75) is 13.0 Å². The van der Waals surface area contributed by atoms with Gasteiger partial charge in [0.05, 0.1) is 13.4 Å². The number of aliphatic hydroxyl groups is 1. The molecule has 2 aromatic rings. The number of methoxy groups -OCH3 is 1. The number of rotatable bonds is 3. The third-order valence-electron chi connectivity index (χ3n) is 2.35. The van der Waals surface area contributed by atoms with E-state index in [0.29, 0.717) is 11.3 Å². The van der Waals surface area contributed by atoms with Crippen LogP contribution in [0.1, 0.15) is 33.7 Å². The molecule has 17 heavy (non-hydrogen) atoms. The number of carbonyl (C=O) groups excluding carboxylic acids is 1. The van der Waals surface area contributed by atoms with E-state index in [-0.39, 0.29) is 11.5 Å². The first-order valence-electron chi connectivity index (χ1n) is 5.03. The number of ether oxygens (including phenoxy) is 1. The standard InChI is InChI=1S/C12H12O5/c1-7-5-8(6-16-7)11(13)9-3-4-10(17-9)12(14)15-2/h3-6,11,13H,1-2H3. The minimum Gasteiger partial charge on any atom is -0.469 e. The van der Waals surface area contributed by atoms with Crippen molar-refractivity contribution in [3.63, 3.8) is 0 Å². The third kappa shape index (κ3) is 2.24. The number of esters is 1. The SMILES string of the molecule is COC(=O)c1ccc(C(O)c2coc(C)c2)o1. The lowest BCUT2D eigenvalue weighted by atomic mass is 10.1. The molecule has 2 rings (SSSR count). The molecule has 1 N–H and O–H groups in total. The largest absolute Gasteiger partial charge is 0.469 e. The van der Waals surface area contributed by atoms with E-state index in [2.05, 4.69) is 4.74 Å². The number of aliphatic hydroxyl groups excluding tert-OH is 1. The second-order valence-corrected chi connectivity index (χ2v) is 3.59. The summed E-state index contributed by atoms with van der Waals surface area (Å²) in [5.74, 6) is 0.443. The van der Waals surface area contributed by atoms with Crippen LogP contribution < -0.4 is 0 Å². The molecule has 0 saturated heterocycles. The van der Waals surface area contributed by atoms with Crippen molar-refractivity contribution in [1.29, 1.82) is 0 Å². The smallest absolute Gasteiger partial charge is 0.373 e. The molecule has 0 spiro atoms. The Morgan fingerprint density at radius 2 is 2.24 bits per heavy atom. The maximum absolute atomic E-state index is 11.2. The second kappa shape index (κ2) is 4.47. The molecule has 2 heterocycles. The highest BCUT2D eigenvalue weighted by molar-refractivity contribution is 5.86. The molecule has 0 saturated carbocycles. The molecule has 0 fully saturated rings. The fraction of sp³-hybridized carbons (Fsp3) is 0.250. The Labute approximate surface area is 97.6 Å². The molecule has 0 aliphatic carbocycles. The van der Waals surface area contributed by atoms with Crippen molar-refractivity contribution in [1.82, 2.24) is 0 Å². The van der Waals surface area contributed by atoms with E-state index >= 15 is 0 Å². The van der Waals surface area contributed by atoms with E-state index in [0.717, 1.165) is 0 Å². The van der Waals surface area contributed by atoms with E-state index in [1.54, 1.807) is 13.0 Å². The molecule has 0 aromatic carbocycles. The van der Waals surface area contributed by atoms with Crippen LogP contribution in [0, 0.1) is 6.92 Å². The zero-order chi connectivity index (χ0) is 12.4. The predicted molar refractivity (Wildman–Crippen MR) is 57.6 cm³/mol. The molecule has 1 atom stereocenters. The first-order valence-corrected chi connectivity index (χ1v) is 5.03. The lowest BCUT2D eigenvalue weighted by Crippen LogP contribution is -1.99. The van der Waals surface area contributed by atoms with E-state index in [1.807, 2.05) is 0 Å². The summed E-state index contributed by atoms with van der Waals surface area (Å²) in [6, 6.07) is 4.68. The van der Waals surface area contributed by atoms with Gasteiger partial charge >= 0.3 is 5.97 Å². The highest BCUT2D eigenvalue weighted by Gasteiger charge is 2.19. The molecule has 5 nitrogen and oxygen atoms in total. The molecular weight excluding hydrogens is 224 g/mol. The van der Waals surface area contributed by atoms with E-state index < -0.39 is 12.1 Å². The maximum Gasteiger partial charge on any atom is 0.373 e. The van der Waals surface area contributed by atoms with Crippen LogP contribution in [0.25, 0.3) is 0 Å². The van der Waals surface area contributed by atoms with Gasteiger partial charge in [0.15, 0.2) is 0 Å². The van der Waals surface area contributed by atoms with Gasteiger partial charge in [-0.15, -0.1) is 0 Å². The van der Waals surface area contributed by atoms with E-state index in [1.165, 1.54) is 25.5 Å². The van der Waals surface area contributed by atoms with Crippen molar-refractivity contribution in [3.8, 4) is 0 Å². The predicted octanol–water partition coefficient (Wildman–Crippen LogP) is 2.05. The zero-order valence-electron chi connectivity index (χ0n) is 9.47. The minimum atomic E-state index is -0.953. The van der Waals surface area contributed by atoms with Gasteiger partial charge in [-0.3, -0.25) is 0 Å². The summed E-state index contributed by atoms with van der Waals surface area (Å²) in [6.07, 6.45) is 0.492. The Balaban J connectivity index is 2.23. The topological polar surface area (TPSA) is 72.8 Å². The number of hydrogen-bond donors (Lipinski definition) is 1. The van der Waals surface area contributed by atoms with Crippen LogP contribution in [0.4, 0.5) is 0 Å². The van der Waals surface area contributed by atoms with E-state index in [4.69, 9.17) is 8.83 Å². The maximum atomic E-state index is 11.2. The molecule has 5 heteroatoms. The number of hydrogen-bond acceptors (Lipinski definition) is 5. The highest BCUT2D eigenvalue weighted by Crippen LogP contribution is 2.25. The summed E-state index contributed by atoms with van der Waals surface area (Å²) in [5.41, 5.74) is 0.577.